The van der Waals surface area contributed by atoms with E-state index in [4.69, 9.17) is 5.26 Å². The van der Waals surface area contributed by atoms with Gasteiger partial charge >= 0.3 is 5.97 Å². The molecule has 1 rings (SSSR count). The number of nitrogens with one attached hydrogen (secondary N) is 1. The number of pyridine rings is 1. The van der Waals surface area contributed by atoms with Crippen molar-refractivity contribution < 1.29 is 17.9 Å². The summed E-state index contributed by atoms with van der Waals surface area (Å²) in [6, 6.07) is 4.36. The third-order valence-electron chi connectivity index (χ3n) is 2.91. The summed E-state index contributed by atoms with van der Waals surface area (Å²) >= 11 is 0. The lowest BCUT2D eigenvalue weighted by Gasteiger charge is -2.27. The number of carbonyl (C=O) groups excluding carboxylic acids is 1. The van der Waals surface area contributed by atoms with E-state index >= 15 is 0 Å². The second-order valence-electron chi connectivity index (χ2n) is 4.67. The van der Waals surface area contributed by atoms with E-state index in [2.05, 4.69) is 14.4 Å². The topological polar surface area (TPSA) is 109 Å². The van der Waals surface area contributed by atoms with Crippen LogP contribution in [-0.2, 0) is 19.6 Å². The molecule has 0 bridgehead atoms. The van der Waals surface area contributed by atoms with Crippen molar-refractivity contribution in [3.63, 3.8) is 0 Å². The standard InChI is InChI=1S/C13H17N3O4S/c1-4-7-13(2,12(17)20-3)16-21(18,19)11-6-5-10(8-14)15-9-11/h5-6,9,16H,4,7H2,1-3H3. The Kier molecular flexibility index (Phi) is 5.41. The Morgan fingerprint density at radius 2 is 2.19 bits per heavy atom. The molecular formula is C13H17N3O4S. The molecule has 7 nitrogen and oxygen atoms in total. The SMILES string of the molecule is CCCC(C)(NS(=O)(=O)c1ccc(C#N)nc1)C(=O)OC. The minimum absolute atomic E-state index is 0.109. The van der Waals surface area contributed by atoms with E-state index in [0.717, 1.165) is 6.20 Å². The third-order valence-corrected chi connectivity index (χ3v) is 4.49. The molecule has 21 heavy (non-hydrogen) atoms. The Bertz CT molecular complexity index is 649. The monoisotopic (exact) mass is 311 g/mol. The fraction of sp³-hybridized carbons (Fsp3) is 0.462. The molecule has 1 heterocycles. The van der Waals surface area contributed by atoms with Gasteiger partial charge in [0.25, 0.3) is 0 Å². The molecule has 0 aromatic carbocycles. The van der Waals surface area contributed by atoms with Crippen LogP contribution in [0.5, 0.6) is 0 Å². The number of methoxy groups -OCH3 is 1. The van der Waals surface area contributed by atoms with Crippen molar-refractivity contribution in [3.8, 4) is 6.07 Å². The Morgan fingerprint density at radius 3 is 2.62 bits per heavy atom. The number of ether oxygens (including phenoxy) is 1. The zero-order valence-electron chi connectivity index (χ0n) is 12.1. The van der Waals surface area contributed by atoms with Gasteiger partial charge in [-0.15, -0.1) is 0 Å². The highest BCUT2D eigenvalue weighted by Crippen LogP contribution is 2.19. The number of carbonyl (C=O) groups is 1. The van der Waals surface area contributed by atoms with Crippen LogP contribution in [0.2, 0.25) is 0 Å². The van der Waals surface area contributed by atoms with E-state index in [1.54, 1.807) is 6.07 Å². The number of nitriles is 1. The molecule has 1 atom stereocenters. The van der Waals surface area contributed by atoms with E-state index in [1.165, 1.54) is 26.2 Å². The molecule has 0 saturated carbocycles. The summed E-state index contributed by atoms with van der Waals surface area (Å²) in [5.74, 6) is -0.658. The van der Waals surface area contributed by atoms with Crippen molar-refractivity contribution in [2.45, 2.75) is 37.1 Å². The van der Waals surface area contributed by atoms with Crippen molar-refractivity contribution in [2.24, 2.45) is 0 Å². The molecule has 0 fully saturated rings. The lowest BCUT2D eigenvalue weighted by molar-refractivity contribution is -0.147. The summed E-state index contributed by atoms with van der Waals surface area (Å²) in [5.41, 5.74) is -1.24. The van der Waals surface area contributed by atoms with E-state index in [-0.39, 0.29) is 10.6 Å². The predicted octanol–water partition coefficient (Wildman–Crippen LogP) is 0.963. The van der Waals surface area contributed by atoms with Crippen LogP contribution in [0.15, 0.2) is 23.2 Å². The highest BCUT2D eigenvalue weighted by molar-refractivity contribution is 7.89. The van der Waals surface area contributed by atoms with Gasteiger partial charge in [0.1, 0.15) is 22.2 Å². The molecule has 0 aliphatic rings. The van der Waals surface area contributed by atoms with Gasteiger partial charge in [-0.25, -0.2) is 13.4 Å². The Hall–Kier alpha value is -1.98. The van der Waals surface area contributed by atoms with Gasteiger partial charge < -0.3 is 4.74 Å². The number of aromatic nitrogens is 1. The van der Waals surface area contributed by atoms with Gasteiger partial charge in [-0.2, -0.15) is 9.98 Å². The van der Waals surface area contributed by atoms with Crippen molar-refractivity contribution in [1.29, 1.82) is 5.26 Å². The number of sulfonamides is 1. The fourth-order valence-corrected chi connectivity index (χ4v) is 3.22. The van der Waals surface area contributed by atoms with Crippen LogP contribution >= 0.6 is 0 Å². The Balaban J connectivity index is 3.11. The molecule has 1 aromatic rings. The number of hydrogen-bond donors (Lipinski definition) is 1. The van der Waals surface area contributed by atoms with Gasteiger partial charge in [-0.05, 0) is 25.5 Å². The number of nitrogens with zero attached hydrogens (tertiary/aromatic N) is 2. The summed E-state index contributed by atoms with van der Waals surface area (Å²) in [5, 5.41) is 8.65. The molecule has 8 heteroatoms. The van der Waals surface area contributed by atoms with Crippen molar-refractivity contribution in [1.82, 2.24) is 9.71 Å². The average molecular weight is 311 g/mol. The van der Waals surface area contributed by atoms with Crippen LogP contribution in [0, 0.1) is 11.3 Å². The maximum atomic E-state index is 12.3. The van der Waals surface area contributed by atoms with Crippen LogP contribution in [0.1, 0.15) is 32.4 Å². The quantitative estimate of drug-likeness (QED) is 0.784. The maximum absolute atomic E-state index is 12.3. The molecule has 1 N–H and O–H groups in total. The maximum Gasteiger partial charge on any atom is 0.326 e. The van der Waals surface area contributed by atoms with Gasteiger partial charge in [0.2, 0.25) is 10.0 Å². The molecule has 1 aromatic heterocycles. The first kappa shape index (κ1) is 17.1. The fourth-order valence-electron chi connectivity index (χ4n) is 1.88. The summed E-state index contributed by atoms with van der Waals surface area (Å²) in [7, 11) is -2.74. The molecule has 0 radical (unpaired) electrons. The van der Waals surface area contributed by atoms with Gasteiger partial charge in [0.05, 0.1) is 7.11 Å². The molecule has 0 spiro atoms. The van der Waals surface area contributed by atoms with E-state index in [0.29, 0.717) is 12.8 Å². The predicted molar refractivity (Wildman–Crippen MR) is 74.6 cm³/mol. The first-order valence-corrected chi connectivity index (χ1v) is 7.76. The Labute approximate surface area is 124 Å². The highest BCUT2D eigenvalue weighted by atomic mass is 32.2. The lowest BCUT2D eigenvalue weighted by atomic mass is 9.98. The van der Waals surface area contributed by atoms with E-state index < -0.39 is 21.5 Å². The van der Waals surface area contributed by atoms with Crippen LogP contribution in [0.4, 0.5) is 0 Å². The largest absolute Gasteiger partial charge is 0.468 e. The summed E-state index contributed by atoms with van der Waals surface area (Å²) in [4.78, 5) is 15.4. The molecule has 0 amide bonds. The zero-order chi connectivity index (χ0) is 16.1. The van der Waals surface area contributed by atoms with Crippen molar-refractivity contribution in [3.05, 3.63) is 24.0 Å². The van der Waals surface area contributed by atoms with Gasteiger partial charge in [0, 0.05) is 6.20 Å². The molecule has 0 saturated heterocycles. The minimum atomic E-state index is -3.94. The lowest BCUT2D eigenvalue weighted by Crippen LogP contribution is -2.52. The van der Waals surface area contributed by atoms with Crippen LogP contribution in [0.3, 0.4) is 0 Å². The van der Waals surface area contributed by atoms with Crippen molar-refractivity contribution >= 4 is 16.0 Å². The second-order valence-corrected chi connectivity index (χ2v) is 6.35. The third kappa shape index (κ3) is 4.00. The number of esters is 1. The number of rotatable bonds is 6. The Morgan fingerprint density at radius 1 is 1.52 bits per heavy atom. The minimum Gasteiger partial charge on any atom is -0.468 e. The zero-order valence-corrected chi connectivity index (χ0v) is 12.9. The second kappa shape index (κ2) is 6.65. The van der Waals surface area contributed by atoms with Gasteiger partial charge in [0.15, 0.2) is 0 Å². The average Bonchev–Trinajstić information content (AvgIpc) is 2.46. The normalized spacial score (nSPS) is 14.0. The van der Waals surface area contributed by atoms with Crippen LogP contribution in [0.25, 0.3) is 0 Å². The van der Waals surface area contributed by atoms with Crippen LogP contribution < -0.4 is 4.72 Å². The van der Waals surface area contributed by atoms with Crippen molar-refractivity contribution in [2.75, 3.05) is 7.11 Å². The summed E-state index contributed by atoms with van der Waals surface area (Å²) in [6.45, 7) is 3.30. The highest BCUT2D eigenvalue weighted by Gasteiger charge is 2.38. The first-order valence-electron chi connectivity index (χ1n) is 6.27. The molecule has 0 aliphatic heterocycles. The summed E-state index contributed by atoms with van der Waals surface area (Å²) < 4.78 is 31.6. The van der Waals surface area contributed by atoms with Crippen LogP contribution in [-0.4, -0.2) is 32.0 Å². The van der Waals surface area contributed by atoms with Gasteiger partial charge in [-0.1, -0.05) is 13.3 Å². The van der Waals surface area contributed by atoms with E-state index in [9.17, 15) is 13.2 Å². The molecule has 0 aliphatic carbocycles. The molecular weight excluding hydrogens is 294 g/mol. The smallest absolute Gasteiger partial charge is 0.326 e. The first-order chi connectivity index (χ1) is 9.79. The molecule has 1 unspecified atom stereocenters. The summed E-state index contributed by atoms with van der Waals surface area (Å²) in [6.07, 6.45) is 1.97. The molecule has 114 valence electrons. The van der Waals surface area contributed by atoms with E-state index in [1.807, 2.05) is 6.92 Å². The number of hydrogen-bond acceptors (Lipinski definition) is 6. The van der Waals surface area contributed by atoms with Gasteiger partial charge in [-0.3, -0.25) is 4.79 Å².